The Hall–Kier alpha value is -0.460. The molecule has 0 amide bonds. The van der Waals surface area contributed by atoms with Crippen molar-refractivity contribution in [3.05, 3.63) is 0 Å². The maximum absolute atomic E-state index is 11.0. The monoisotopic (exact) mass is 194 g/mol. The summed E-state index contributed by atoms with van der Waals surface area (Å²) in [4.78, 5) is 11.0. The molecular formula is C6H10O5S. The van der Waals surface area contributed by atoms with Gasteiger partial charge in [0.2, 0.25) is 0 Å². The lowest BCUT2D eigenvalue weighted by molar-refractivity contribution is -0.127. The molecule has 0 radical (unpaired) electrons. The molecular weight excluding hydrogens is 184 g/mol. The molecule has 1 saturated carbocycles. The van der Waals surface area contributed by atoms with Crippen molar-refractivity contribution >= 4 is 16.2 Å². The summed E-state index contributed by atoms with van der Waals surface area (Å²) in [5, 5.41) is 0. The van der Waals surface area contributed by atoms with E-state index in [9.17, 15) is 13.2 Å². The molecule has 70 valence electrons. The second kappa shape index (κ2) is 3.51. The zero-order valence-corrected chi connectivity index (χ0v) is 7.21. The minimum Gasteiger partial charge on any atom is -0.297 e. The molecule has 1 fully saturated rings. The number of ketones is 1. The Bertz CT molecular complexity index is 268. The lowest BCUT2D eigenvalue weighted by Gasteiger charge is -2.18. The number of rotatable bonds is 2. The molecule has 0 bridgehead atoms. The Morgan fingerprint density at radius 1 is 1.42 bits per heavy atom. The Morgan fingerprint density at radius 3 is 2.58 bits per heavy atom. The highest BCUT2D eigenvalue weighted by Crippen LogP contribution is 2.18. The smallest absolute Gasteiger partial charge is 0.297 e. The van der Waals surface area contributed by atoms with Crippen LogP contribution in [0.5, 0.6) is 0 Å². The predicted octanol–water partition coefficient (Wildman–Crippen LogP) is 0.318. The predicted molar refractivity (Wildman–Crippen MR) is 39.9 cm³/mol. The van der Waals surface area contributed by atoms with Crippen molar-refractivity contribution in [2.45, 2.75) is 31.8 Å². The molecule has 0 aromatic rings. The largest absolute Gasteiger partial charge is 0.398 e. The molecule has 0 heterocycles. The fraction of sp³-hybridized carbons (Fsp3) is 0.833. The van der Waals surface area contributed by atoms with Crippen molar-refractivity contribution in [3.8, 4) is 0 Å². The first-order chi connectivity index (χ1) is 5.49. The molecule has 1 rings (SSSR count). The topological polar surface area (TPSA) is 80.7 Å². The zero-order valence-electron chi connectivity index (χ0n) is 6.39. The van der Waals surface area contributed by atoms with Gasteiger partial charge in [-0.1, -0.05) is 0 Å². The molecule has 0 aromatic carbocycles. The van der Waals surface area contributed by atoms with Gasteiger partial charge in [-0.2, -0.15) is 8.42 Å². The second-order valence-corrected chi connectivity index (χ2v) is 3.77. The molecule has 12 heavy (non-hydrogen) atoms. The number of hydrogen-bond donors (Lipinski definition) is 1. The number of carbonyl (C=O) groups is 1. The molecule has 1 N–H and O–H groups in total. The van der Waals surface area contributed by atoms with Gasteiger partial charge in [0, 0.05) is 6.42 Å². The standard InChI is InChI=1S/C6H10O5S/c7-5-3-1-2-4-6(5)11-12(8,9)10/h6H,1-4H2,(H,8,9,10). The van der Waals surface area contributed by atoms with E-state index in [0.29, 0.717) is 12.8 Å². The van der Waals surface area contributed by atoms with Gasteiger partial charge >= 0.3 is 10.4 Å². The Morgan fingerprint density at radius 2 is 2.08 bits per heavy atom. The summed E-state index contributed by atoms with van der Waals surface area (Å²) in [5.41, 5.74) is 0. The summed E-state index contributed by atoms with van der Waals surface area (Å²) >= 11 is 0. The van der Waals surface area contributed by atoms with Gasteiger partial charge in [0.15, 0.2) is 5.78 Å². The summed E-state index contributed by atoms with van der Waals surface area (Å²) in [6, 6.07) is 0. The first-order valence-corrected chi connectivity index (χ1v) is 5.04. The third kappa shape index (κ3) is 2.88. The SMILES string of the molecule is O=C1CCCCC1OS(=O)(=O)O. The van der Waals surface area contributed by atoms with Crippen LogP contribution >= 0.6 is 0 Å². The van der Waals surface area contributed by atoms with E-state index in [-0.39, 0.29) is 5.78 Å². The maximum Gasteiger partial charge on any atom is 0.398 e. The lowest BCUT2D eigenvalue weighted by atomic mass is 9.97. The van der Waals surface area contributed by atoms with Crippen LogP contribution in [0.2, 0.25) is 0 Å². The van der Waals surface area contributed by atoms with Gasteiger partial charge in [-0.15, -0.1) is 0 Å². The Balaban J connectivity index is 2.56. The third-order valence-corrected chi connectivity index (χ3v) is 2.21. The number of Topliss-reactive ketones (excluding diaryl/α,β-unsaturated/α-hetero) is 1. The van der Waals surface area contributed by atoms with Crippen LogP contribution in [0.3, 0.4) is 0 Å². The van der Waals surface area contributed by atoms with Gasteiger partial charge in [-0.05, 0) is 19.3 Å². The van der Waals surface area contributed by atoms with Crippen molar-refractivity contribution in [2.75, 3.05) is 0 Å². The average Bonchev–Trinajstić information content (AvgIpc) is 1.91. The molecule has 0 saturated heterocycles. The minimum absolute atomic E-state index is 0.251. The van der Waals surface area contributed by atoms with Crippen LogP contribution in [-0.2, 0) is 19.4 Å². The van der Waals surface area contributed by atoms with Crippen LogP contribution in [0.1, 0.15) is 25.7 Å². The Kier molecular flexibility index (Phi) is 2.81. The molecule has 6 heteroatoms. The summed E-state index contributed by atoms with van der Waals surface area (Å²) in [6.45, 7) is 0. The van der Waals surface area contributed by atoms with Crippen LogP contribution in [0, 0.1) is 0 Å². The zero-order chi connectivity index (χ0) is 9.19. The van der Waals surface area contributed by atoms with Gasteiger partial charge in [-0.25, -0.2) is 4.18 Å². The van der Waals surface area contributed by atoms with Gasteiger partial charge < -0.3 is 0 Å². The molecule has 1 atom stereocenters. The van der Waals surface area contributed by atoms with Crippen molar-refractivity contribution in [1.29, 1.82) is 0 Å². The summed E-state index contributed by atoms with van der Waals surface area (Å²) in [5.74, 6) is -0.251. The van der Waals surface area contributed by atoms with Crippen LogP contribution in [0.4, 0.5) is 0 Å². The molecule has 0 aromatic heterocycles. The van der Waals surface area contributed by atoms with E-state index in [1.54, 1.807) is 0 Å². The Labute approximate surface area is 70.7 Å². The van der Waals surface area contributed by atoms with Crippen LogP contribution in [0.25, 0.3) is 0 Å². The van der Waals surface area contributed by atoms with E-state index >= 15 is 0 Å². The number of hydrogen-bond acceptors (Lipinski definition) is 4. The summed E-state index contributed by atoms with van der Waals surface area (Å²) in [6.07, 6.45) is 1.27. The van der Waals surface area contributed by atoms with E-state index in [2.05, 4.69) is 4.18 Å². The quantitative estimate of drug-likeness (QED) is 0.640. The first-order valence-electron chi connectivity index (χ1n) is 3.67. The highest BCUT2D eigenvalue weighted by molar-refractivity contribution is 7.80. The highest BCUT2D eigenvalue weighted by Gasteiger charge is 2.27. The van der Waals surface area contributed by atoms with Gasteiger partial charge in [0.1, 0.15) is 6.10 Å². The van der Waals surface area contributed by atoms with Crippen molar-refractivity contribution in [3.63, 3.8) is 0 Å². The van der Waals surface area contributed by atoms with Crippen molar-refractivity contribution < 1.29 is 21.9 Å². The lowest BCUT2D eigenvalue weighted by Crippen LogP contribution is -2.29. The molecule has 0 spiro atoms. The van der Waals surface area contributed by atoms with Crippen LogP contribution < -0.4 is 0 Å². The molecule has 1 unspecified atom stereocenters. The second-order valence-electron chi connectivity index (χ2n) is 2.72. The number of carbonyl (C=O) groups excluding carboxylic acids is 1. The van der Waals surface area contributed by atoms with Gasteiger partial charge in [-0.3, -0.25) is 9.35 Å². The molecule has 5 nitrogen and oxygen atoms in total. The van der Waals surface area contributed by atoms with Gasteiger partial charge in [0.25, 0.3) is 0 Å². The molecule has 1 aliphatic carbocycles. The van der Waals surface area contributed by atoms with E-state index in [0.717, 1.165) is 12.8 Å². The fourth-order valence-corrected chi connectivity index (χ4v) is 1.70. The first kappa shape index (κ1) is 9.63. The van der Waals surface area contributed by atoms with Gasteiger partial charge in [0.05, 0.1) is 0 Å². The molecule has 0 aliphatic heterocycles. The van der Waals surface area contributed by atoms with Crippen LogP contribution in [-0.4, -0.2) is 24.9 Å². The van der Waals surface area contributed by atoms with E-state index in [1.807, 2.05) is 0 Å². The van der Waals surface area contributed by atoms with E-state index in [1.165, 1.54) is 0 Å². The highest BCUT2D eigenvalue weighted by atomic mass is 32.3. The third-order valence-electron chi connectivity index (χ3n) is 1.74. The summed E-state index contributed by atoms with van der Waals surface area (Å²) in [7, 11) is -4.48. The minimum atomic E-state index is -4.48. The van der Waals surface area contributed by atoms with Crippen molar-refractivity contribution in [1.82, 2.24) is 0 Å². The summed E-state index contributed by atoms with van der Waals surface area (Å²) < 4.78 is 32.9. The normalized spacial score (nSPS) is 25.8. The fourth-order valence-electron chi connectivity index (χ4n) is 1.20. The van der Waals surface area contributed by atoms with E-state index < -0.39 is 16.5 Å². The molecule has 1 aliphatic rings. The average molecular weight is 194 g/mol. The maximum atomic E-state index is 11.0. The van der Waals surface area contributed by atoms with Crippen LogP contribution in [0.15, 0.2) is 0 Å². The van der Waals surface area contributed by atoms with Crippen molar-refractivity contribution in [2.24, 2.45) is 0 Å². The van der Waals surface area contributed by atoms with E-state index in [4.69, 9.17) is 4.55 Å².